The third-order valence-electron chi connectivity index (χ3n) is 4.09. The van der Waals surface area contributed by atoms with Gasteiger partial charge in [0.15, 0.2) is 6.61 Å². The fourth-order valence-corrected chi connectivity index (χ4v) is 2.53. The van der Waals surface area contributed by atoms with Gasteiger partial charge in [-0.05, 0) is 65.2 Å². The summed E-state index contributed by atoms with van der Waals surface area (Å²) >= 11 is 0. The van der Waals surface area contributed by atoms with E-state index >= 15 is 0 Å². The van der Waals surface area contributed by atoms with Gasteiger partial charge in [-0.2, -0.15) is 10.4 Å². The standard InChI is InChI=1S/C23H19N3O3/c1-28-21-10-4-18(5-11-21)15-25-26-23(27)16-29-22-12-8-20(9-13-22)19-6-2-17(14-24)3-7-19/h2-13,15H,16H2,1H3,(H,26,27)/b25-15+. The van der Waals surface area contributed by atoms with E-state index in [1.54, 1.807) is 37.6 Å². The van der Waals surface area contributed by atoms with Gasteiger partial charge in [-0.1, -0.05) is 24.3 Å². The Labute approximate surface area is 169 Å². The van der Waals surface area contributed by atoms with E-state index in [-0.39, 0.29) is 12.5 Å². The van der Waals surface area contributed by atoms with E-state index in [9.17, 15) is 4.79 Å². The molecule has 0 heterocycles. The molecule has 3 rings (SSSR count). The average Bonchev–Trinajstić information content (AvgIpc) is 2.78. The second-order valence-electron chi connectivity index (χ2n) is 6.07. The predicted molar refractivity (Wildman–Crippen MR) is 111 cm³/mol. The molecule has 1 N–H and O–H groups in total. The molecule has 6 nitrogen and oxygen atoms in total. The van der Waals surface area contributed by atoms with Crippen LogP contribution in [0.15, 0.2) is 77.9 Å². The van der Waals surface area contributed by atoms with Crippen LogP contribution >= 0.6 is 0 Å². The first-order valence-corrected chi connectivity index (χ1v) is 8.87. The zero-order valence-electron chi connectivity index (χ0n) is 15.8. The quantitative estimate of drug-likeness (QED) is 0.496. The van der Waals surface area contributed by atoms with Crippen LogP contribution in [0.3, 0.4) is 0 Å². The Bertz CT molecular complexity index is 1020. The summed E-state index contributed by atoms with van der Waals surface area (Å²) in [5.41, 5.74) is 5.88. The van der Waals surface area contributed by atoms with E-state index in [1.807, 2.05) is 48.5 Å². The summed E-state index contributed by atoms with van der Waals surface area (Å²) in [6, 6.07) is 24.1. The van der Waals surface area contributed by atoms with Gasteiger partial charge in [-0.3, -0.25) is 4.79 Å². The van der Waals surface area contributed by atoms with Crippen molar-refractivity contribution in [1.82, 2.24) is 5.43 Å². The van der Waals surface area contributed by atoms with Crippen LogP contribution in [0.25, 0.3) is 11.1 Å². The van der Waals surface area contributed by atoms with Gasteiger partial charge in [-0.25, -0.2) is 5.43 Å². The number of benzene rings is 3. The predicted octanol–water partition coefficient (Wildman–Crippen LogP) is 3.76. The maximum atomic E-state index is 11.9. The number of nitrogens with zero attached hydrogens (tertiary/aromatic N) is 2. The second-order valence-corrected chi connectivity index (χ2v) is 6.07. The van der Waals surface area contributed by atoms with Gasteiger partial charge in [0.25, 0.3) is 5.91 Å². The molecule has 29 heavy (non-hydrogen) atoms. The molecular formula is C23H19N3O3. The van der Waals surface area contributed by atoms with Crippen molar-refractivity contribution in [3.63, 3.8) is 0 Å². The molecule has 0 aromatic heterocycles. The largest absolute Gasteiger partial charge is 0.497 e. The van der Waals surface area contributed by atoms with Crippen molar-refractivity contribution in [2.75, 3.05) is 13.7 Å². The minimum Gasteiger partial charge on any atom is -0.497 e. The molecule has 0 aliphatic rings. The van der Waals surface area contributed by atoms with Crippen LogP contribution in [0, 0.1) is 11.3 Å². The highest BCUT2D eigenvalue weighted by Crippen LogP contribution is 2.22. The summed E-state index contributed by atoms with van der Waals surface area (Å²) in [6.45, 7) is -0.143. The van der Waals surface area contributed by atoms with Gasteiger partial charge in [0.2, 0.25) is 0 Å². The molecule has 0 saturated heterocycles. The molecule has 144 valence electrons. The highest BCUT2D eigenvalue weighted by molar-refractivity contribution is 5.83. The summed E-state index contributed by atoms with van der Waals surface area (Å²) in [5.74, 6) is 0.979. The minimum atomic E-state index is -0.356. The van der Waals surface area contributed by atoms with Crippen molar-refractivity contribution in [2.45, 2.75) is 0 Å². The van der Waals surface area contributed by atoms with Crippen LogP contribution in [0.1, 0.15) is 11.1 Å². The number of nitrogens with one attached hydrogen (secondary N) is 1. The molecule has 3 aromatic rings. The lowest BCUT2D eigenvalue weighted by Crippen LogP contribution is -2.24. The van der Waals surface area contributed by atoms with Crippen molar-refractivity contribution < 1.29 is 14.3 Å². The number of ether oxygens (including phenoxy) is 2. The Kier molecular flexibility index (Phi) is 6.58. The number of hydrazone groups is 1. The number of carbonyl (C=O) groups is 1. The highest BCUT2D eigenvalue weighted by Gasteiger charge is 2.03. The molecule has 0 saturated carbocycles. The SMILES string of the molecule is COc1ccc(/C=N/NC(=O)COc2ccc(-c3ccc(C#N)cc3)cc2)cc1. The van der Waals surface area contributed by atoms with Crippen LogP contribution in [0.5, 0.6) is 11.5 Å². The number of hydrogen-bond acceptors (Lipinski definition) is 5. The Morgan fingerprint density at radius 2 is 1.55 bits per heavy atom. The highest BCUT2D eigenvalue weighted by atomic mass is 16.5. The van der Waals surface area contributed by atoms with Crippen molar-refractivity contribution in [3.05, 3.63) is 83.9 Å². The Balaban J connectivity index is 1.48. The lowest BCUT2D eigenvalue weighted by Gasteiger charge is -2.07. The van der Waals surface area contributed by atoms with Crippen molar-refractivity contribution in [2.24, 2.45) is 5.10 Å². The Hall–Kier alpha value is -4.11. The normalized spacial score (nSPS) is 10.3. The van der Waals surface area contributed by atoms with Crippen LogP contribution in [0.2, 0.25) is 0 Å². The maximum absolute atomic E-state index is 11.9. The maximum Gasteiger partial charge on any atom is 0.277 e. The van der Waals surface area contributed by atoms with Gasteiger partial charge in [0.1, 0.15) is 11.5 Å². The van der Waals surface area contributed by atoms with Gasteiger partial charge >= 0.3 is 0 Å². The summed E-state index contributed by atoms with van der Waals surface area (Å²) in [7, 11) is 1.60. The van der Waals surface area contributed by atoms with Crippen molar-refractivity contribution >= 4 is 12.1 Å². The zero-order chi connectivity index (χ0) is 20.5. The van der Waals surface area contributed by atoms with Crippen molar-refractivity contribution in [1.29, 1.82) is 5.26 Å². The molecular weight excluding hydrogens is 366 g/mol. The zero-order valence-corrected chi connectivity index (χ0v) is 15.8. The van der Waals surface area contributed by atoms with Gasteiger partial charge in [-0.15, -0.1) is 0 Å². The van der Waals surface area contributed by atoms with E-state index in [4.69, 9.17) is 14.7 Å². The average molecular weight is 385 g/mol. The molecule has 0 spiro atoms. The van der Waals surface area contributed by atoms with E-state index in [0.29, 0.717) is 11.3 Å². The fourth-order valence-electron chi connectivity index (χ4n) is 2.53. The lowest BCUT2D eigenvalue weighted by atomic mass is 10.0. The summed E-state index contributed by atoms with van der Waals surface area (Å²) in [5, 5.41) is 12.8. The molecule has 0 bridgehead atoms. The summed E-state index contributed by atoms with van der Waals surface area (Å²) in [6.07, 6.45) is 1.55. The molecule has 0 aliphatic heterocycles. The topological polar surface area (TPSA) is 83.7 Å². The first kappa shape index (κ1) is 19.6. The smallest absolute Gasteiger partial charge is 0.277 e. The Morgan fingerprint density at radius 1 is 0.966 bits per heavy atom. The van der Waals surface area contributed by atoms with Crippen LogP contribution in [0.4, 0.5) is 0 Å². The fraction of sp³-hybridized carbons (Fsp3) is 0.0870. The molecule has 0 unspecified atom stereocenters. The first-order chi connectivity index (χ1) is 14.2. The third kappa shape index (κ3) is 5.68. The van der Waals surface area contributed by atoms with E-state index in [2.05, 4.69) is 16.6 Å². The first-order valence-electron chi connectivity index (χ1n) is 8.87. The number of methoxy groups -OCH3 is 1. The molecule has 1 amide bonds. The van der Waals surface area contributed by atoms with E-state index in [0.717, 1.165) is 22.4 Å². The van der Waals surface area contributed by atoms with Crippen LogP contribution in [-0.4, -0.2) is 25.8 Å². The van der Waals surface area contributed by atoms with E-state index in [1.165, 1.54) is 0 Å². The molecule has 0 atom stereocenters. The van der Waals surface area contributed by atoms with Gasteiger partial charge in [0, 0.05) is 0 Å². The molecule has 0 fully saturated rings. The number of hydrogen-bond donors (Lipinski definition) is 1. The second kappa shape index (κ2) is 9.72. The third-order valence-corrected chi connectivity index (χ3v) is 4.09. The molecule has 6 heteroatoms. The van der Waals surface area contributed by atoms with E-state index < -0.39 is 0 Å². The van der Waals surface area contributed by atoms with Crippen molar-refractivity contribution in [3.8, 4) is 28.7 Å². The molecule has 0 radical (unpaired) electrons. The molecule has 0 aliphatic carbocycles. The number of carbonyl (C=O) groups excluding carboxylic acids is 1. The van der Waals surface area contributed by atoms with Gasteiger partial charge in [0.05, 0.1) is 25.0 Å². The van der Waals surface area contributed by atoms with Gasteiger partial charge < -0.3 is 9.47 Å². The summed E-state index contributed by atoms with van der Waals surface area (Å²) < 4.78 is 10.6. The lowest BCUT2D eigenvalue weighted by molar-refractivity contribution is -0.123. The van der Waals surface area contributed by atoms with Crippen LogP contribution in [-0.2, 0) is 4.79 Å². The number of nitriles is 1. The molecule has 3 aromatic carbocycles. The minimum absolute atomic E-state index is 0.143. The Morgan fingerprint density at radius 3 is 2.14 bits per heavy atom. The monoisotopic (exact) mass is 385 g/mol. The number of rotatable bonds is 7. The summed E-state index contributed by atoms with van der Waals surface area (Å²) in [4.78, 5) is 11.9. The number of amides is 1. The van der Waals surface area contributed by atoms with Crippen LogP contribution < -0.4 is 14.9 Å².